The van der Waals surface area contributed by atoms with Crippen LogP contribution in [0.2, 0.25) is 0 Å². The first-order valence-corrected chi connectivity index (χ1v) is 6.11. The molecule has 15 heavy (non-hydrogen) atoms. The largest absolute Gasteiger partial charge is 0.500 e. The number of ether oxygens (including phenoxy) is 1. The van der Waals surface area contributed by atoms with Crippen LogP contribution in [0.3, 0.4) is 0 Å². The van der Waals surface area contributed by atoms with Gasteiger partial charge in [0.2, 0.25) is 0 Å². The van der Waals surface area contributed by atoms with E-state index in [1.165, 1.54) is 7.11 Å². The van der Waals surface area contributed by atoms with Crippen molar-refractivity contribution in [3.05, 3.63) is 34.0 Å². The Kier molecular flexibility index (Phi) is 2.44. The molecule has 2 rings (SSSR count). The Balaban J connectivity index is 2.61. The highest BCUT2D eigenvalue weighted by molar-refractivity contribution is 7.90. The maximum atomic E-state index is 11.2. The molecule has 0 heterocycles. The first kappa shape index (κ1) is 10.4. The van der Waals surface area contributed by atoms with E-state index < -0.39 is 10.1 Å². The first-order valence-electron chi connectivity index (χ1n) is 4.67. The van der Waals surface area contributed by atoms with Gasteiger partial charge < -0.3 is 4.74 Å². The summed E-state index contributed by atoms with van der Waals surface area (Å²) in [5.41, 5.74) is 1.67. The van der Waals surface area contributed by atoms with Gasteiger partial charge in [0.15, 0.2) is 0 Å². The Morgan fingerprint density at radius 2 is 2.13 bits per heavy atom. The van der Waals surface area contributed by atoms with Gasteiger partial charge in [0.25, 0.3) is 10.1 Å². The summed E-state index contributed by atoms with van der Waals surface area (Å²) in [6.45, 7) is 0. The van der Waals surface area contributed by atoms with Gasteiger partial charge in [-0.15, -0.1) is 0 Å². The molecule has 0 aliphatic heterocycles. The summed E-state index contributed by atoms with van der Waals surface area (Å²) in [5.74, 6) is 0.350. The van der Waals surface area contributed by atoms with Gasteiger partial charge in [-0.3, -0.25) is 4.55 Å². The summed E-state index contributed by atoms with van der Waals surface area (Å²) in [6.07, 6.45) is 5.73. The van der Waals surface area contributed by atoms with E-state index >= 15 is 0 Å². The molecule has 0 saturated carbocycles. The molecule has 5 heteroatoms. The van der Waals surface area contributed by atoms with E-state index in [1.807, 2.05) is 6.08 Å². The second-order valence-corrected chi connectivity index (χ2v) is 4.91. The lowest BCUT2D eigenvalue weighted by Crippen LogP contribution is -2.13. The second kappa shape index (κ2) is 3.50. The van der Waals surface area contributed by atoms with Crippen LogP contribution in [0.15, 0.2) is 34.0 Å². The molecule has 0 radical (unpaired) electrons. The highest BCUT2D eigenvalue weighted by atomic mass is 32.2. The maximum Gasteiger partial charge on any atom is 0.298 e. The van der Waals surface area contributed by atoms with Gasteiger partial charge in [-0.2, -0.15) is 8.42 Å². The van der Waals surface area contributed by atoms with Crippen molar-refractivity contribution in [2.24, 2.45) is 0 Å². The summed E-state index contributed by atoms with van der Waals surface area (Å²) in [4.78, 5) is -0.0556. The third kappa shape index (κ3) is 1.72. The smallest absolute Gasteiger partial charge is 0.298 e. The molecule has 0 fully saturated rings. The van der Waals surface area contributed by atoms with Gasteiger partial charge in [0.05, 0.1) is 7.11 Å². The van der Waals surface area contributed by atoms with Crippen LogP contribution >= 0.6 is 0 Å². The molecule has 82 valence electrons. The molecular formula is C10H12O4S. The van der Waals surface area contributed by atoms with Crippen molar-refractivity contribution in [2.45, 2.75) is 19.3 Å². The Labute approximate surface area is 88.7 Å². The molecule has 1 N–H and O–H groups in total. The van der Waals surface area contributed by atoms with Crippen LogP contribution < -0.4 is 0 Å². The lowest BCUT2D eigenvalue weighted by atomic mass is 9.98. The van der Waals surface area contributed by atoms with Crippen LogP contribution in [0.1, 0.15) is 19.3 Å². The summed E-state index contributed by atoms with van der Waals surface area (Å²) < 4.78 is 36.7. The predicted octanol–water partition coefficient (Wildman–Crippen LogP) is 1.78. The minimum atomic E-state index is -4.20. The Hall–Kier alpha value is -1.07. The molecule has 0 atom stereocenters. The number of hydrogen-bond acceptors (Lipinski definition) is 3. The van der Waals surface area contributed by atoms with Crippen molar-refractivity contribution in [3.8, 4) is 0 Å². The van der Waals surface area contributed by atoms with Crippen molar-refractivity contribution in [2.75, 3.05) is 7.11 Å². The highest BCUT2D eigenvalue weighted by Gasteiger charge is 2.30. The van der Waals surface area contributed by atoms with Crippen LogP contribution in [0.4, 0.5) is 0 Å². The summed E-state index contributed by atoms with van der Waals surface area (Å²) >= 11 is 0. The van der Waals surface area contributed by atoms with E-state index in [0.717, 1.165) is 18.4 Å². The molecule has 0 spiro atoms. The summed E-state index contributed by atoms with van der Waals surface area (Å²) in [6, 6.07) is 0. The van der Waals surface area contributed by atoms with Crippen LogP contribution in [0.25, 0.3) is 0 Å². The molecule has 4 nitrogen and oxygen atoms in total. The zero-order valence-corrected chi connectivity index (χ0v) is 9.17. The third-order valence-electron chi connectivity index (χ3n) is 2.69. The van der Waals surface area contributed by atoms with Gasteiger partial charge in [-0.05, 0) is 18.4 Å². The SMILES string of the molecule is COC1=C(S(=O)(=O)O)C2=C(CC=C2)CC1. The molecule has 2 aliphatic carbocycles. The van der Waals surface area contributed by atoms with E-state index in [0.29, 0.717) is 17.8 Å². The fraction of sp³-hybridized carbons (Fsp3) is 0.400. The van der Waals surface area contributed by atoms with Gasteiger partial charge in [-0.1, -0.05) is 17.7 Å². The molecule has 0 aromatic rings. The van der Waals surface area contributed by atoms with Gasteiger partial charge in [0.1, 0.15) is 10.7 Å². The Morgan fingerprint density at radius 1 is 1.40 bits per heavy atom. The predicted molar refractivity (Wildman–Crippen MR) is 55.6 cm³/mol. The molecule has 0 aromatic carbocycles. The topological polar surface area (TPSA) is 63.6 Å². The van der Waals surface area contributed by atoms with Crippen molar-refractivity contribution >= 4 is 10.1 Å². The molecule has 0 aromatic heterocycles. The van der Waals surface area contributed by atoms with Gasteiger partial charge in [0, 0.05) is 6.42 Å². The minimum absolute atomic E-state index is 0.0556. The number of allylic oxidation sites excluding steroid dienone is 5. The molecule has 2 aliphatic rings. The van der Waals surface area contributed by atoms with Crippen molar-refractivity contribution in [1.82, 2.24) is 0 Å². The second-order valence-electron chi connectivity index (χ2n) is 3.56. The van der Waals surface area contributed by atoms with Crippen molar-refractivity contribution < 1.29 is 17.7 Å². The minimum Gasteiger partial charge on any atom is -0.500 e. The van der Waals surface area contributed by atoms with Gasteiger partial charge in [-0.25, -0.2) is 0 Å². The zero-order valence-electron chi connectivity index (χ0n) is 8.36. The Morgan fingerprint density at radius 3 is 2.73 bits per heavy atom. The lowest BCUT2D eigenvalue weighted by Gasteiger charge is -2.19. The lowest BCUT2D eigenvalue weighted by molar-refractivity contribution is 0.272. The average molecular weight is 228 g/mol. The van der Waals surface area contributed by atoms with Gasteiger partial charge >= 0.3 is 0 Å². The van der Waals surface area contributed by atoms with Crippen LogP contribution in [0, 0.1) is 0 Å². The van der Waals surface area contributed by atoms with Crippen LogP contribution in [-0.2, 0) is 14.9 Å². The maximum absolute atomic E-state index is 11.2. The fourth-order valence-corrected chi connectivity index (χ4v) is 2.99. The van der Waals surface area contributed by atoms with Crippen molar-refractivity contribution in [3.63, 3.8) is 0 Å². The summed E-state index contributed by atoms with van der Waals surface area (Å²) in [5, 5.41) is 0. The molecule has 0 amide bonds. The molecule has 0 unspecified atom stereocenters. The highest BCUT2D eigenvalue weighted by Crippen LogP contribution is 2.38. The van der Waals surface area contributed by atoms with Crippen molar-refractivity contribution in [1.29, 1.82) is 0 Å². The molecule has 0 bridgehead atoms. The van der Waals surface area contributed by atoms with Crippen LogP contribution in [0.5, 0.6) is 0 Å². The van der Waals surface area contributed by atoms with Crippen LogP contribution in [-0.4, -0.2) is 20.1 Å². The van der Waals surface area contributed by atoms with E-state index in [-0.39, 0.29) is 4.91 Å². The Bertz CT molecular complexity index is 480. The average Bonchev–Trinajstić information content (AvgIpc) is 2.61. The van der Waals surface area contributed by atoms with E-state index in [9.17, 15) is 8.42 Å². The van der Waals surface area contributed by atoms with E-state index in [1.54, 1.807) is 6.08 Å². The quantitative estimate of drug-likeness (QED) is 0.732. The first-order chi connectivity index (χ1) is 7.04. The molecular weight excluding hydrogens is 216 g/mol. The van der Waals surface area contributed by atoms with E-state index in [4.69, 9.17) is 9.29 Å². The van der Waals surface area contributed by atoms with E-state index in [2.05, 4.69) is 0 Å². The molecule has 0 saturated heterocycles. The number of methoxy groups -OCH3 is 1. The normalized spacial score (nSPS) is 20.9. The summed E-state index contributed by atoms with van der Waals surface area (Å²) in [7, 11) is -2.77. The number of rotatable bonds is 2. The zero-order chi connectivity index (χ0) is 11.1. The number of hydrogen-bond donors (Lipinski definition) is 1. The third-order valence-corrected chi connectivity index (χ3v) is 3.65. The standard InChI is InChI=1S/C10H12O4S/c1-14-9-6-5-7-3-2-4-8(7)10(9)15(11,12)13/h2,4H,3,5-6H2,1H3,(H,11,12,13). The fourth-order valence-electron chi connectivity index (χ4n) is 2.03. The monoisotopic (exact) mass is 228 g/mol.